The number of hydrogen-bond acceptors (Lipinski definition) is 6. The molecule has 0 radical (unpaired) electrons. The molecule has 0 spiro atoms. The number of hydrogen-bond donors (Lipinski definition) is 2. The number of anilines is 1. The van der Waals surface area contributed by atoms with Gasteiger partial charge in [0.05, 0.1) is 17.0 Å². The van der Waals surface area contributed by atoms with Gasteiger partial charge in [-0.15, -0.1) is 5.10 Å². The normalized spacial score (nSPS) is 30.5. The lowest BCUT2D eigenvalue weighted by atomic mass is 10.0. The number of nitrogens with zero attached hydrogens (tertiary/aromatic N) is 3. The molecule has 0 saturated carbocycles. The molecule has 3 rings (SSSR count). The lowest BCUT2D eigenvalue weighted by Crippen LogP contribution is -2.47. The molecule has 1 aromatic heterocycles. The molecule has 0 bridgehead atoms. The van der Waals surface area contributed by atoms with Gasteiger partial charge in [-0.05, 0) is 26.7 Å². The van der Waals surface area contributed by atoms with Crippen molar-refractivity contribution in [2.24, 2.45) is 0 Å². The average molecular weight is 313 g/mol. The highest BCUT2D eigenvalue weighted by Gasteiger charge is 2.40. The molecule has 2 aliphatic heterocycles. The average Bonchev–Trinajstić information content (AvgIpc) is 2.90. The van der Waals surface area contributed by atoms with Crippen molar-refractivity contribution in [2.45, 2.75) is 44.8 Å². The summed E-state index contributed by atoms with van der Waals surface area (Å²) in [6, 6.07) is 0.301. The van der Waals surface area contributed by atoms with E-state index in [-0.39, 0.29) is 17.3 Å². The Kier molecular flexibility index (Phi) is 3.19. The number of nitrogens with one attached hydrogen (secondary N) is 2. The highest BCUT2D eigenvalue weighted by atomic mass is 32.2. The van der Waals surface area contributed by atoms with Crippen LogP contribution in [0.25, 0.3) is 0 Å². The van der Waals surface area contributed by atoms with Crippen molar-refractivity contribution in [3.05, 3.63) is 5.82 Å². The van der Waals surface area contributed by atoms with Crippen LogP contribution in [0.4, 0.5) is 5.95 Å². The first-order valence-electron chi connectivity index (χ1n) is 7.01. The zero-order chi connectivity index (χ0) is 15.3. The Morgan fingerprint density at radius 1 is 1.52 bits per heavy atom. The third-order valence-corrected chi connectivity index (χ3v) is 5.85. The standard InChI is InChI=1S/C12H19N5O3S/c1-8-3-5-17-11(13-8)14-9(16-17)10(18)15-12(2)4-6-21(19,20)7-12/h8H,3-7H2,1-2H3,(H,15,18)(H,13,14,16). The molecule has 1 amide bonds. The third-order valence-electron chi connectivity index (χ3n) is 3.94. The first-order valence-corrected chi connectivity index (χ1v) is 8.83. The van der Waals surface area contributed by atoms with E-state index in [4.69, 9.17) is 0 Å². The smallest absolute Gasteiger partial charge is 0.291 e. The van der Waals surface area contributed by atoms with E-state index in [1.54, 1.807) is 11.6 Å². The molecule has 2 aliphatic rings. The van der Waals surface area contributed by atoms with E-state index in [0.717, 1.165) is 13.0 Å². The summed E-state index contributed by atoms with van der Waals surface area (Å²) in [5.41, 5.74) is -0.734. The SMILES string of the molecule is CC1CCn2nc(C(=O)NC3(C)CCS(=O)(=O)C3)nc2N1. The first kappa shape index (κ1) is 14.3. The van der Waals surface area contributed by atoms with Crippen molar-refractivity contribution in [1.29, 1.82) is 0 Å². The van der Waals surface area contributed by atoms with Crippen molar-refractivity contribution in [3.8, 4) is 0 Å². The van der Waals surface area contributed by atoms with Crippen molar-refractivity contribution in [2.75, 3.05) is 16.8 Å². The van der Waals surface area contributed by atoms with Crippen molar-refractivity contribution >= 4 is 21.7 Å². The highest BCUT2D eigenvalue weighted by Crippen LogP contribution is 2.23. The number of sulfone groups is 1. The summed E-state index contributed by atoms with van der Waals surface area (Å²) >= 11 is 0. The number of rotatable bonds is 2. The zero-order valence-corrected chi connectivity index (χ0v) is 12.9. The molecular weight excluding hydrogens is 294 g/mol. The molecule has 21 heavy (non-hydrogen) atoms. The molecule has 2 unspecified atom stereocenters. The minimum Gasteiger partial charge on any atom is -0.352 e. The molecule has 1 saturated heterocycles. The Balaban J connectivity index is 1.75. The van der Waals surface area contributed by atoms with Gasteiger partial charge in [-0.25, -0.2) is 13.1 Å². The Morgan fingerprint density at radius 3 is 2.95 bits per heavy atom. The van der Waals surface area contributed by atoms with Crippen LogP contribution in [0.5, 0.6) is 0 Å². The lowest BCUT2D eigenvalue weighted by Gasteiger charge is -2.22. The van der Waals surface area contributed by atoms with E-state index in [1.165, 1.54) is 0 Å². The summed E-state index contributed by atoms with van der Waals surface area (Å²) in [4.78, 5) is 16.4. The largest absolute Gasteiger partial charge is 0.352 e. The van der Waals surface area contributed by atoms with Crippen LogP contribution in [0.1, 0.15) is 37.3 Å². The second-order valence-corrected chi connectivity index (χ2v) is 8.36. The van der Waals surface area contributed by atoms with E-state index < -0.39 is 21.3 Å². The molecule has 0 aromatic carbocycles. The van der Waals surface area contributed by atoms with Crippen molar-refractivity contribution < 1.29 is 13.2 Å². The van der Waals surface area contributed by atoms with Gasteiger partial charge in [0, 0.05) is 12.6 Å². The second-order valence-electron chi connectivity index (χ2n) is 6.17. The molecule has 0 aliphatic carbocycles. The molecule has 116 valence electrons. The van der Waals surface area contributed by atoms with E-state index >= 15 is 0 Å². The molecule has 1 fully saturated rings. The summed E-state index contributed by atoms with van der Waals surface area (Å²) in [6.45, 7) is 4.50. The van der Waals surface area contributed by atoms with Gasteiger partial charge >= 0.3 is 0 Å². The van der Waals surface area contributed by atoms with Gasteiger partial charge in [0.25, 0.3) is 5.91 Å². The quantitative estimate of drug-likeness (QED) is 0.782. The van der Waals surface area contributed by atoms with Crippen LogP contribution in [0, 0.1) is 0 Å². The van der Waals surface area contributed by atoms with Gasteiger partial charge in [-0.3, -0.25) is 4.79 Å². The highest BCUT2D eigenvalue weighted by molar-refractivity contribution is 7.91. The number of aryl methyl sites for hydroxylation is 1. The van der Waals surface area contributed by atoms with Crippen LogP contribution in [0.2, 0.25) is 0 Å². The fourth-order valence-electron chi connectivity index (χ4n) is 2.75. The molecule has 2 N–H and O–H groups in total. The maximum Gasteiger partial charge on any atom is 0.291 e. The minimum absolute atomic E-state index is 0.0331. The van der Waals surface area contributed by atoms with Gasteiger partial charge in [0.2, 0.25) is 11.8 Å². The zero-order valence-electron chi connectivity index (χ0n) is 12.1. The molecule has 3 heterocycles. The van der Waals surface area contributed by atoms with Crippen molar-refractivity contribution in [3.63, 3.8) is 0 Å². The number of aromatic nitrogens is 3. The second kappa shape index (κ2) is 4.69. The third kappa shape index (κ3) is 2.87. The van der Waals surface area contributed by atoms with Gasteiger partial charge < -0.3 is 10.6 Å². The minimum atomic E-state index is -3.06. The van der Waals surface area contributed by atoms with E-state index in [0.29, 0.717) is 18.4 Å². The van der Waals surface area contributed by atoms with Crippen molar-refractivity contribution in [1.82, 2.24) is 20.1 Å². The number of carbonyl (C=O) groups excluding carboxylic acids is 1. The summed E-state index contributed by atoms with van der Waals surface area (Å²) in [7, 11) is -3.06. The Hall–Kier alpha value is -1.64. The van der Waals surface area contributed by atoms with Gasteiger partial charge in [-0.1, -0.05) is 0 Å². The van der Waals surface area contributed by atoms with Crippen LogP contribution < -0.4 is 10.6 Å². The van der Waals surface area contributed by atoms with Gasteiger partial charge in [0.15, 0.2) is 9.84 Å². The van der Waals surface area contributed by atoms with E-state index in [2.05, 4.69) is 20.7 Å². The Morgan fingerprint density at radius 2 is 2.29 bits per heavy atom. The number of fused-ring (bicyclic) bond motifs is 1. The van der Waals surface area contributed by atoms with Crippen LogP contribution in [-0.2, 0) is 16.4 Å². The van der Waals surface area contributed by atoms with Gasteiger partial charge in [0.1, 0.15) is 0 Å². The molecular formula is C12H19N5O3S. The van der Waals surface area contributed by atoms with E-state index in [9.17, 15) is 13.2 Å². The van der Waals surface area contributed by atoms with E-state index in [1.807, 2.05) is 6.92 Å². The van der Waals surface area contributed by atoms with Crippen LogP contribution in [-0.4, -0.2) is 52.2 Å². The lowest BCUT2D eigenvalue weighted by molar-refractivity contribution is 0.0904. The molecule has 9 heteroatoms. The topological polar surface area (TPSA) is 106 Å². The Bertz CT molecular complexity index is 683. The molecule has 8 nitrogen and oxygen atoms in total. The Labute approximate surface area is 123 Å². The summed E-state index contributed by atoms with van der Waals surface area (Å²) in [5.74, 6) is 0.316. The molecule has 1 aromatic rings. The van der Waals surface area contributed by atoms with Crippen LogP contribution in [0.3, 0.4) is 0 Å². The summed E-state index contributed by atoms with van der Waals surface area (Å²) in [5, 5.41) is 10.1. The predicted octanol–water partition coefficient (Wildman–Crippen LogP) is -0.211. The summed E-state index contributed by atoms with van der Waals surface area (Å²) in [6.07, 6.45) is 1.34. The fourth-order valence-corrected chi connectivity index (χ4v) is 4.84. The maximum atomic E-state index is 12.2. The van der Waals surface area contributed by atoms with Gasteiger partial charge in [-0.2, -0.15) is 4.98 Å². The first-order chi connectivity index (χ1) is 9.76. The fraction of sp³-hybridized carbons (Fsp3) is 0.750. The maximum absolute atomic E-state index is 12.2. The molecule has 2 atom stereocenters. The predicted molar refractivity (Wildman–Crippen MR) is 76.9 cm³/mol. The monoisotopic (exact) mass is 313 g/mol. The number of carbonyl (C=O) groups is 1. The summed E-state index contributed by atoms with van der Waals surface area (Å²) < 4.78 is 24.8. The van der Waals surface area contributed by atoms with Crippen LogP contribution in [0.15, 0.2) is 0 Å². The number of amides is 1. The van der Waals surface area contributed by atoms with Crippen LogP contribution >= 0.6 is 0 Å².